The van der Waals surface area contributed by atoms with Gasteiger partial charge in [0.15, 0.2) is 0 Å². The van der Waals surface area contributed by atoms with Crippen LogP contribution in [0.15, 0.2) is 12.2 Å². The molecule has 2 rings (SSSR count). The molecular weight excluding hydrogens is 154 g/mol. The van der Waals surface area contributed by atoms with Crippen molar-refractivity contribution in [3.05, 3.63) is 12.2 Å². The van der Waals surface area contributed by atoms with E-state index in [0.717, 1.165) is 6.42 Å². The monoisotopic (exact) mass is 167 g/mol. The third-order valence-corrected chi connectivity index (χ3v) is 2.99. The smallest absolute Gasteiger partial charge is 0.310 e. The molecule has 0 aliphatic heterocycles. The maximum Gasteiger partial charge on any atom is 0.310 e. The molecule has 3 heteroatoms. The number of hydrogen-bond donors (Lipinski definition) is 1. The van der Waals surface area contributed by atoms with E-state index in [9.17, 15) is 4.79 Å². The van der Waals surface area contributed by atoms with Gasteiger partial charge in [-0.25, -0.2) is 0 Å². The van der Waals surface area contributed by atoms with Crippen molar-refractivity contribution in [3.8, 4) is 0 Å². The van der Waals surface area contributed by atoms with Gasteiger partial charge in [0.1, 0.15) is 0 Å². The predicted molar refractivity (Wildman–Crippen MR) is 44.2 cm³/mol. The van der Waals surface area contributed by atoms with E-state index in [2.05, 4.69) is 12.2 Å². The lowest BCUT2D eigenvalue weighted by atomic mass is 9.90. The Bertz CT molecular complexity index is 237. The minimum atomic E-state index is -0.153. The predicted octanol–water partition coefficient (Wildman–Crippen LogP) is 0.309. The molecule has 0 radical (unpaired) electrons. The molecule has 0 aromatic heterocycles. The van der Waals surface area contributed by atoms with Gasteiger partial charge >= 0.3 is 5.97 Å². The second-order valence-electron chi connectivity index (χ2n) is 3.57. The van der Waals surface area contributed by atoms with Gasteiger partial charge in [0, 0.05) is 6.04 Å². The average Bonchev–Trinajstić information content (AvgIpc) is 2.63. The Hall–Kier alpha value is -0.830. The van der Waals surface area contributed by atoms with E-state index in [1.165, 1.54) is 7.11 Å². The van der Waals surface area contributed by atoms with Gasteiger partial charge in [-0.1, -0.05) is 12.2 Å². The molecule has 0 unspecified atom stereocenters. The highest BCUT2D eigenvalue weighted by atomic mass is 16.5. The number of nitrogens with two attached hydrogens (primary N) is 1. The second-order valence-corrected chi connectivity index (χ2v) is 3.57. The molecule has 0 amide bonds. The van der Waals surface area contributed by atoms with Crippen molar-refractivity contribution in [1.29, 1.82) is 0 Å². The van der Waals surface area contributed by atoms with Crippen LogP contribution in [0.2, 0.25) is 0 Å². The lowest BCUT2D eigenvalue weighted by Crippen LogP contribution is -2.39. The lowest BCUT2D eigenvalue weighted by Gasteiger charge is -2.21. The van der Waals surface area contributed by atoms with E-state index >= 15 is 0 Å². The molecule has 0 spiro atoms. The van der Waals surface area contributed by atoms with Gasteiger partial charge in [0.25, 0.3) is 0 Å². The summed E-state index contributed by atoms with van der Waals surface area (Å²) >= 11 is 0. The Labute approximate surface area is 71.6 Å². The molecule has 3 nitrogen and oxygen atoms in total. The average molecular weight is 167 g/mol. The van der Waals surface area contributed by atoms with Crippen LogP contribution >= 0.6 is 0 Å². The number of ether oxygens (including phenoxy) is 1. The number of esters is 1. The summed E-state index contributed by atoms with van der Waals surface area (Å²) in [4.78, 5) is 11.3. The van der Waals surface area contributed by atoms with Gasteiger partial charge in [-0.15, -0.1) is 0 Å². The Kier molecular flexibility index (Phi) is 1.68. The van der Waals surface area contributed by atoms with Gasteiger partial charge in [-0.05, 0) is 18.3 Å². The van der Waals surface area contributed by atoms with Crippen LogP contribution in [0, 0.1) is 17.8 Å². The molecule has 0 aromatic rings. The fourth-order valence-corrected chi connectivity index (χ4v) is 2.33. The van der Waals surface area contributed by atoms with Gasteiger partial charge < -0.3 is 10.5 Å². The molecule has 2 bridgehead atoms. The summed E-state index contributed by atoms with van der Waals surface area (Å²) in [5.41, 5.74) is 5.89. The zero-order valence-electron chi connectivity index (χ0n) is 7.07. The lowest BCUT2D eigenvalue weighted by molar-refractivity contribution is -0.146. The van der Waals surface area contributed by atoms with Crippen molar-refractivity contribution in [2.24, 2.45) is 23.5 Å². The number of methoxy groups -OCH3 is 1. The van der Waals surface area contributed by atoms with Crippen LogP contribution in [0.25, 0.3) is 0 Å². The summed E-state index contributed by atoms with van der Waals surface area (Å²) in [6.07, 6.45) is 5.24. The number of hydrogen-bond acceptors (Lipinski definition) is 3. The molecule has 0 saturated heterocycles. The minimum absolute atomic E-state index is 0.0209. The molecule has 0 aromatic carbocycles. The molecule has 1 saturated carbocycles. The maximum absolute atomic E-state index is 11.3. The SMILES string of the molecule is COC(=O)[C@@H]1[C@H](N)[C@H]2C=C[C@H]1C2. The van der Waals surface area contributed by atoms with E-state index in [0.29, 0.717) is 11.8 Å². The zero-order valence-corrected chi connectivity index (χ0v) is 7.07. The van der Waals surface area contributed by atoms with E-state index in [1.54, 1.807) is 0 Å². The van der Waals surface area contributed by atoms with Gasteiger partial charge in [-0.2, -0.15) is 0 Å². The van der Waals surface area contributed by atoms with Crippen LogP contribution in [0.5, 0.6) is 0 Å². The van der Waals surface area contributed by atoms with Crippen molar-refractivity contribution < 1.29 is 9.53 Å². The van der Waals surface area contributed by atoms with E-state index in [4.69, 9.17) is 10.5 Å². The Balaban J connectivity index is 2.18. The third kappa shape index (κ3) is 0.894. The van der Waals surface area contributed by atoms with Crippen molar-refractivity contribution in [3.63, 3.8) is 0 Å². The summed E-state index contributed by atoms with van der Waals surface area (Å²) in [6.45, 7) is 0. The van der Waals surface area contributed by atoms with Crippen LogP contribution in [-0.2, 0) is 9.53 Å². The summed E-state index contributed by atoms with van der Waals surface area (Å²) < 4.78 is 4.70. The Morgan fingerprint density at radius 3 is 2.67 bits per heavy atom. The fraction of sp³-hybridized carbons (Fsp3) is 0.667. The Morgan fingerprint density at radius 1 is 1.50 bits per heavy atom. The Morgan fingerprint density at radius 2 is 2.17 bits per heavy atom. The van der Waals surface area contributed by atoms with Crippen molar-refractivity contribution in [2.45, 2.75) is 12.5 Å². The summed E-state index contributed by atoms with van der Waals surface area (Å²) in [5.74, 6) is 0.487. The fourth-order valence-electron chi connectivity index (χ4n) is 2.33. The van der Waals surface area contributed by atoms with Gasteiger partial charge in [-0.3, -0.25) is 4.79 Å². The topological polar surface area (TPSA) is 52.3 Å². The highest BCUT2D eigenvalue weighted by Gasteiger charge is 2.46. The minimum Gasteiger partial charge on any atom is -0.469 e. The molecule has 1 fully saturated rings. The third-order valence-electron chi connectivity index (χ3n) is 2.99. The maximum atomic E-state index is 11.3. The first-order valence-corrected chi connectivity index (χ1v) is 4.26. The molecular formula is C9H13NO2. The first-order valence-electron chi connectivity index (χ1n) is 4.26. The first kappa shape index (κ1) is 7.80. The van der Waals surface area contributed by atoms with E-state index in [-0.39, 0.29) is 17.9 Å². The van der Waals surface area contributed by atoms with Gasteiger partial charge in [0.05, 0.1) is 13.0 Å². The number of rotatable bonds is 1. The number of fused-ring (bicyclic) bond motifs is 2. The van der Waals surface area contributed by atoms with Crippen LogP contribution < -0.4 is 5.73 Å². The van der Waals surface area contributed by atoms with E-state index < -0.39 is 0 Å². The van der Waals surface area contributed by atoms with Crippen LogP contribution in [0.1, 0.15) is 6.42 Å². The molecule has 0 heterocycles. The second kappa shape index (κ2) is 2.59. The molecule has 2 aliphatic carbocycles. The highest BCUT2D eigenvalue weighted by molar-refractivity contribution is 5.75. The van der Waals surface area contributed by atoms with Crippen molar-refractivity contribution in [2.75, 3.05) is 7.11 Å². The summed E-state index contributed by atoms with van der Waals surface area (Å²) in [6, 6.07) is -0.0209. The van der Waals surface area contributed by atoms with Crippen molar-refractivity contribution >= 4 is 5.97 Å². The van der Waals surface area contributed by atoms with E-state index in [1.807, 2.05) is 0 Å². The number of carbonyl (C=O) groups excluding carboxylic acids is 1. The standard InChI is InChI=1S/C9H13NO2/c1-12-9(11)7-5-2-3-6(4-5)8(7)10/h2-3,5-8H,4,10H2,1H3/t5-,6-,7-,8+/m0/s1. The van der Waals surface area contributed by atoms with Crippen molar-refractivity contribution in [1.82, 2.24) is 0 Å². The zero-order chi connectivity index (χ0) is 8.72. The largest absolute Gasteiger partial charge is 0.469 e. The normalized spacial score (nSPS) is 43.5. The molecule has 2 aliphatic rings. The van der Waals surface area contributed by atoms with Crippen LogP contribution in [0.3, 0.4) is 0 Å². The first-order chi connectivity index (χ1) is 5.74. The molecule has 66 valence electrons. The van der Waals surface area contributed by atoms with Crippen LogP contribution in [0.4, 0.5) is 0 Å². The quantitative estimate of drug-likeness (QED) is 0.451. The summed E-state index contributed by atoms with van der Waals surface area (Å²) in [7, 11) is 1.42. The highest BCUT2D eigenvalue weighted by Crippen LogP contribution is 2.42. The molecule has 4 atom stereocenters. The van der Waals surface area contributed by atoms with Crippen LogP contribution in [-0.4, -0.2) is 19.1 Å². The molecule has 12 heavy (non-hydrogen) atoms. The summed E-state index contributed by atoms with van der Waals surface area (Å²) in [5, 5.41) is 0. The molecule has 2 N–H and O–H groups in total. The number of carbonyl (C=O) groups is 1. The van der Waals surface area contributed by atoms with Gasteiger partial charge in [0.2, 0.25) is 0 Å². The number of allylic oxidation sites excluding steroid dienone is 1.